The van der Waals surface area contributed by atoms with Gasteiger partial charge in [-0.2, -0.15) is 0 Å². The fourth-order valence-corrected chi connectivity index (χ4v) is 5.33. The quantitative estimate of drug-likeness (QED) is 0.647. The van der Waals surface area contributed by atoms with E-state index in [0.29, 0.717) is 6.35 Å². The molecule has 0 saturated heterocycles. The smallest absolute Gasteiger partial charge is 0.130 e. The van der Waals surface area contributed by atoms with Crippen molar-refractivity contribution in [1.29, 1.82) is 0 Å². The van der Waals surface area contributed by atoms with Crippen molar-refractivity contribution in [2.45, 2.75) is 25.9 Å². The Labute approximate surface area is 151 Å². The molecule has 1 atom stereocenters. The van der Waals surface area contributed by atoms with E-state index >= 15 is 0 Å². The van der Waals surface area contributed by atoms with Gasteiger partial charge >= 0.3 is 0 Å². The third-order valence-corrected chi connectivity index (χ3v) is 7.29. The van der Waals surface area contributed by atoms with Crippen LogP contribution in [-0.2, 0) is 0 Å². The fraction of sp³-hybridized carbons (Fsp3) is 0.333. The zero-order chi connectivity index (χ0) is 18.0. The molecule has 1 unspecified atom stereocenters. The number of fused-ring (bicyclic) bond motifs is 1. The second-order valence-electron chi connectivity index (χ2n) is 6.98. The molecule has 0 spiro atoms. The molecule has 0 aliphatic carbocycles. The molecule has 4 heteroatoms. The third-order valence-electron chi connectivity index (χ3n) is 4.34. The number of methoxy groups -OCH3 is 2. The lowest BCUT2D eigenvalue weighted by Gasteiger charge is -2.33. The minimum absolute atomic E-state index is 0.0923. The fourth-order valence-electron chi connectivity index (χ4n) is 3.03. The maximum atomic E-state index is 6.18. The molecule has 0 saturated carbocycles. The Morgan fingerprint density at radius 3 is 2.16 bits per heavy atom. The maximum absolute atomic E-state index is 6.18. The molecular formula is C21H25O3P. The molecule has 2 aromatic rings. The summed E-state index contributed by atoms with van der Waals surface area (Å²) in [7, 11) is 2.82. The first-order valence-corrected chi connectivity index (χ1v) is 9.91. The number of ether oxygens (including phenoxy) is 3. The molecule has 1 aliphatic rings. The van der Waals surface area contributed by atoms with Crippen molar-refractivity contribution < 1.29 is 14.2 Å². The van der Waals surface area contributed by atoms with Gasteiger partial charge in [0.25, 0.3) is 0 Å². The predicted octanol–water partition coefficient (Wildman–Crippen LogP) is 5.83. The number of para-hydroxylation sites is 1. The van der Waals surface area contributed by atoms with Crippen LogP contribution in [0.1, 0.15) is 31.9 Å². The molecule has 3 nitrogen and oxygen atoms in total. The summed E-state index contributed by atoms with van der Waals surface area (Å²) in [6.07, 6.45) is 2.93. The summed E-state index contributed by atoms with van der Waals surface area (Å²) in [5.74, 6) is 2.60. The highest BCUT2D eigenvalue weighted by Gasteiger charge is 2.33. The first-order valence-electron chi connectivity index (χ1n) is 8.38. The van der Waals surface area contributed by atoms with E-state index in [1.165, 1.54) is 5.31 Å². The minimum atomic E-state index is -0.590. The van der Waals surface area contributed by atoms with Gasteiger partial charge in [0.1, 0.15) is 23.6 Å². The number of hydrogen-bond acceptors (Lipinski definition) is 3. The Hall–Kier alpha value is -1.99. The van der Waals surface area contributed by atoms with Crippen LogP contribution in [0.2, 0.25) is 0 Å². The molecular weight excluding hydrogens is 331 g/mol. The van der Waals surface area contributed by atoms with Crippen molar-refractivity contribution in [3.8, 4) is 17.2 Å². The van der Waals surface area contributed by atoms with Gasteiger partial charge in [0.2, 0.25) is 0 Å². The molecule has 1 aliphatic heterocycles. The molecule has 0 fully saturated rings. The van der Waals surface area contributed by atoms with Crippen LogP contribution in [0, 0.1) is 0 Å². The van der Waals surface area contributed by atoms with Crippen LogP contribution < -0.4 is 14.2 Å². The SMILES string of the molecule is COc1cccc(OC)c1C1=Cc2ccccc2OCP1C(C)(C)C. The molecule has 0 bridgehead atoms. The zero-order valence-corrected chi connectivity index (χ0v) is 16.4. The summed E-state index contributed by atoms with van der Waals surface area (Å²) < 4.78 is 17.5. The second kappa shape index (κ2) is 7.09. The standard InChI is InChI=1S/C21H25O3P/c1-21(2,3)25-14-24-16-10-7-6-9-15(16)13-19(25)20-17(22-4)11-8-12-18(20)23-5/h6-13H,14H2,1-5H3. The average molecular weight is 356 g/mol. The van der Waals surface area contributed by atoms with Gasteiger partial charge < -0.3 is 14.2 Å². The lowest BCUT2D eigenvalue weighted by atomic mass is 10.1. The van der Waals surface area contributed by atoms with Crippen molar-refractivity contribution in [3.63, 3.8) is 0 Å². The van der Waals surface area contributed by atoms with Gasteiger partial charge in [-0.05, 0) is 42.7 Å². The van der Waals surface area contributed by atoms with Gasteiger partial charge in [0, 0.05) is 5.56 Å². The van der Waals surface area contributed by atoms with Gasteiger partial charge in [0.15, 0.2) is 0 Å². The number of benzene rings is 2. The number of rotatable bonds is 3. The highest BCUT2D eigenvalue weighted by Crippen LogP contribution is 2.64. The Kier molecular flexibility index (Phi) is 5.06. The monoisotopic (exact) mass is 356 g/mol. The third kappa shape index (κ3) is 3.52. The molecule has 0 amide bonds. The van der Waals surface area contributed by atoms with Crippen molar-refractivity contribution in [1.82, 2.24) is 0 Å². The van der Waals surface area contributed by atoms with E-state index in [-0.39, 0.29) is 5.16 Å². The molecule has 0 aromatic heterocycles. The summed E-state index contributed by atoms with van der Waals surface area (Å²) in [5, 5.41) is 1.34. The van der Waals surface area contributed by atoms with E-state index in [4.69, 9.17) is 14.2 Å². The van der Waals surface area contributed by atoms with Crippen LogP contribution in [0.25, 0.3) is 11.4 Å². The molecule has 3 rings (SSSR count). The molecule has 0 radical (unpaired) electrons. The molecule has 132 valence electrons. The van der Waals surface area contributed by atoms with E-state index < -0.39 is 7.92 Å². The van der Waals surface area contributed by atoms with Crippen LogP contribution >= 0.6 is 7.92 Å². The lowest BCUT2D eigenvalue weighted by Crippen LogP contribution is -2.16. The first kappa shape index (κ1) is 17.8. The van der Waals surface area contributed by atoms with E-state index in [1.54, 1.807) is 14.2 Å². The van der Waals surface area contributed by atoms with E-state index in [0.717, 1.165) is 28.4 Å². The Balaban J connectivity index is 2.27. The van der Waals surface area contributed by atoms with Crippen molar-refractivity contribution in [2.24, 2.45) is 0 Å². The predicted molar refractivity (Wildman–Crippen MR) is 106 cm³/mol. The van der Waals surface area contributed by atoms with Gasteiger partial charge in [0.05, 0.1) is 19.8 Å². The molecule has 0 N–H and O–H groups in total. The summed E-state index contributed by atoms with van der Waals surface area (Å²) >= 11 is 0. The van der Waals surface area contributed by atoms with Crippen LogP contribution in [0.15, 0.2) is 42.5 Å². The summed E-state index contributed by atoms with van der Waals surface area (Å²) in [4.78, 5) is 0. The van der Waals surface area contributed by atoms with Gasteiger partial charge in [-0.25, -0.2) is 0 Å². The molecule has 1 heterocycles. The second-order valence-corrected chi connectivity index (χ2v) is 9.91. The van der Waals surface area contributed by atoms with E-state index in [9.17, 15) is 0 Å². The normalized spacial score (nSPS) is 17.0. The van der Waals surface area contributed by atoms with Gasteiger partial charge in [-0.1, -0.05) is 45.0 Å². The summed E-state index contributed by atoms with van der Waals surface area (Å²) in [6, 6.07) is 14.1. The largest absolute Gasteiger partial charge is 0.496 e. The zero-order valence-electron chi connectivity index (χ0n) is 15.5. The summed E-state index contributed by atoms with van der Waals surface area (Å²) in [5.41, 5.74) is 2.13. The summed E-state index contributed by atoms with van der Waals surface area (Å²) in [6.45, 7) is 6.81. The Bertz CT molecular complexity index is 768. The number of hydrogen-bond donors (Lipinski definition) is 0. The van der Waals surface area contributed by atoms with Crippen molar-refractivity contribution >= 4 is 19.3 Å². The van der Waals surface area contributed by atoms with Crippen LogP contribution in [0.4, 0.5) is 0 Å². The lowest BCUT2D eigenvalue weighted by molar-refractivity contribution is 0.386. The van der Waals surface area contributed by atoms with E-state index in [1.807, 2.05) is 36.4 Å². The van der Waals surface area contributed by atoms with Gasteiger partial charge in [-0.3, -0.25) is 0 Å². The van der Waals surface area contributed by atoms with Crippen LogP contribution in [-0.4, -0.2) is 25.7 Å². The average Bonchev–Trinajstić information content (AvgIpc) is 2.80. The Morgan fingerprint density at radius 2 is 1.56 bits per heavy atom. The topological polar surface area (TPSA) is 27.7 Å². The molecule has 25 heavy (non-hydrogen) atoms. The highest BCUT2D eigenvalue weighted by molar-refractivity contribution is 7.70. The van der Waals surface area contributed by atoms with E-state index in [2.05, 4.69) is 32.9 Å². The van der Waals surface area contributed by atoms with Crippen LogP contribution in [0.3, 0.4) is 0 Å². The minimum Gasteiger partial charge on any atom is -0.496 e. The van der Waals surface area contributed by atoms with Gasteiger partial charge in [-0.15, -0.1) is 0 Å². The molecule has 2 aromatic carbocycles. The van der Waals surface area contributed by atoms with Crippen molar-refractivity contribution in [3.05, 3.63) is 53.6 Å². The Morgan fingerprint density at radius 1 is 0.920 bits per heavy atom. The highest BCUT2D eigenvalue weighted by atomic mass is 31.1. The maximum Gasteiger partial charge on any atom is 0.130 e. The van der Waals surface area contributed by atoms with Crippen molar-refractivity contribution in [2.75, 3.05) is 20.6 Å². The first-order chi connectivity index (χ1) is 12.0. The van der Waals surface area contributed by atoms with Crippen LogP contribution in [0.5, 0.6) is 17.2 Å².